The van der Waals surface area contributed by atoms with Crippen LogP contribution < -0.4 is 11.5 Å². The lowest BCUT2D eigenvalue weighted by Crippen LogP contribution is -2.40. The lowest BCUT2D eigenvalue weighted by Gasteiger charge is -2.25. The standard InChI is InChI=1S/C25H26FN7O3/c1-3-22(35)31-11-16(9-20(31)13(2)34)33-24(27)23(25(28)36)18(30-33)7-4-14-8-19-21(10-17(14)26)32(12-29-19)15-5-6-15/h3,8,10,12-13,15-16,20,34H,1,5-6,9,11,27H2,2H3,(H2,28,36)/t13?,16-,20+/m0/s1. The van der Waals surface area contributed by atoms with Gasteiger partial charge in [0.1, 0.15) is 17.2 Å². The first-order valence-corrected chi connectivity index (χ1v) is 11.7. The number of aromatic nitrogens is 4. The van der Waals surface area contributed by atoms with Crippen molar-refractivity contribution in [1.82, 2.24) is 24.2 Å². The van der Waals surface area contributed by atoms with Crippen LogP contribution in [0, 0.1) is 17.7 Å². The number of nitrogens with zero attached hydrogens (tertiary/aromatic N) is 5. The van der Waals surface area contributed by atoms with Crippen molar-refractivity contribution < 1.29 is 19.1 Å². The Morgan fingerprint density at radius 1 is 1.31 bits per heavy atom. The van der Waals surface area contributed by atoms with Crippen molar-refractivity contribution in [2.75, 3.05) is 12.3 Å². The van der Waals surface area contributed by atoms with Crippen LogP contribution in [0.15, 0.2) is 31.1 Å². The summed E-state index contributed by atoms with van der Waals surface area (Å²) in [6, 6.07) is 2.42. The molecule has 1 unspecified atom stereocenters. The van der Waals surface area contributed by atoms with Crippen molar-refractivity contribution in [3.63, 3.8) is 0 Å². The molecular formula is C25H26FN7O3. The summed E-state index contributed by atoms with van der Waals surface area (Å²) in [6.07, 6.45) is 4.53. The van der Waals surface area contributed by atoms with Crippen LogP contribution >= 0.6 is 0 Å². The summed E-state index contributed by atoms with van der Waals surface area (Å²) < 4.78 is 18.2. The fraction of sp³-hybridized carbons (Fsp3) is 0.360. The monoisotopic (exact) mass is 491 g/mol. The molecule has 1 aliphatic carbocycles. The normalized spacial score (nSPS) is 20.2. The third-order valence-electron chi connectivity index (χ3n) is 6.80. The van der Waals surface area contributed by atoms with E-state index in [0.717, 1.165) is 12.8 Å². The molecule has 11 heteroatoms. The van der Waals surface area contributed by atoms with Gasteiger partial charge in [-0.15, -0.1) is 0 Å². The minimum atomic E-state index is -0.828. The Bertz CT molecular complexity index is 1460. The summed E-state index contributed by atoms with van der Waals surface area (Å²) in [4.78, 5) is 30.3. The number of aliphatic hydroxyl groups excluding tert-OH is 1. The number of hydrogen-bond donors (Lipinski definition) is 3. The van der Waals surface area contributed by atoms with E-state index in [1.807, 2.05) is 4.57 Å². The number of nitrogens with two attached hydrogens (primary N) is 2. The highest BCUT2D eigenvalue weighted by Crippen LogP contribution is 2.37. The lowest BCUT2D eigenvalue weighted by atomic mass is 10.1. The van der Waals surface area contributed by atoms with Crippen LogP contribution in [-0.4, -0.2) is 59.8 Å². The minimum Gasteiger partial charge on any atom is -0.391 e. The second kappa shape index (κ2) is 8.80. The van der Waals surface area contributed by atoms with E-state index in [1.54, 1.807) is 19.3 Å². The van der Waals surface area contributed by atoms with Crippen molar-refractivity contribution in [3.05, 3.63) is 53.8 Å². The number of carbonyl (C=O) groups excluding carboxylic acids is 2. The smallest absolute Gasteiger partial charge is 0.255 e. The first-order chi connectivity index (χ1) is 17.2. The third-order valence-corrected chi connectivity index (χ3v) is 6.80. The molecule has 0 spiro atoms. The van der Waals surface area contributed by atoms with Gasteiger partial charge in [-0.25, -0.2) is 14.1 Å². The van der Waals surface area contributed by atoms with Gasteiger partial charge in [-0.3, -0.25) is 9.59 Å². The molecular weight excluding hydrogens is 465 g/mol. The van der Waals surface area contributed by atoms with Crippen molar-refractivity contribution in [3.8, 4) is 11.8 Å². The number of likely N-dealkylation sites (tertiary alicyclic amines) is 1. The number of aliphatic hydroxyl groups is 1. The molecule has 1 aromatic carbocycles. The van der Waals surface area contributed by atoms with Gasteiger partial charge in [0.2, 0.25) is 5.91 Å². The molecule has 186 valence electrons. The summed E-state index contributed by atoms with van der Waals surface area (Å²) in [5.74, 6) is 3.79. The SMILES string of the molecule is C=CC(=O)N1C[C@@H](n2nc(C#Cc3cc4ncn(C5CC5)c4cc3F)c(C(N)=O)c2N)C[C@@H]1C(C)O. The van der Waals surface area contributed by atoms with Crippen LogP contribution in [0.1, 0.15) is 59.9 Å². The minimum absolute atomic E-state index is 0.00472. The Labute approximate surface area is 206 Å². The fourth-order valence-electron chi connectivity index (χ4n) is 4.82. The van der Waals surface area contributed by atoms with Gasteiger partial charge in [0.05, 0.1) is 41.1 Å². The number of anilines is 1. The van der Waals surface area contributed by atoms with Crippen molar-refractivity contribution in [2.45, 2.75) is 50.4 Å². The van der Waals surface area contributed by atoms with E-state index in [1.165, 1.54) is 21.7 Å². The molecule has 2 aromatic heterocycles. The average Bonchev–Trinajstić information content (AvgIpc) is 3.30. The van der Waals surface area contributed by atoms with E-state index in [0.29, 0.717) is 23.5 Å². The molecule has 36 heavy (non-hydrogen) atoms. The highest BCUT2D eigenvalue weighted by Gasteiger charge is 2.39. The predicted molar refractivity (Wildman–Crippen MR) is 130 cm³/mol. The first kappa shape index (κ1) is 23.6. The molecule has 2 amide bonds. The van der Waals surface area contributed by atoms with E-state index in [4.69, 9.17) is 11.5 Å². The molecule has 0 bridgehead atoms. The van der Waals surface area contributed by atoms with E-state index >= 15 is 0 Å². The molecule has 0 radical (unpaired) electrons. The van der Waals surface area contributed by atoms with Crippen LogP contribution in [0.3, 0.4) is 0 Å². The molecule has 5 rings (SSSR count). The number of imidazole rings is 1. The number of primary amides is 1. The highest BCUT2D eigenvalue weighted by molar-refractivity contribution is 5.99. The number of benzene rings is 1. The Morgan fingerprint density at radius 3 is 2.69 bits per heavy atom. The molecule has 3 atom stereocenters. The quantitative estimate of drug-likeness (QED) is 0.364. The van der Waals surface area contributed by atoms with Gasteiger partial charge in [0, 0.05) is 18.7 Å². The van der Waals surface area contributed by atoms with E-state index in [-0.39, 0.29) is 35.1 Å². The van der Waals surface area contributed by atoms with E-state index in [2.05, 4.69) is 28.5 Å². The second-order valence-electron chi connectivity index (χ2n) is 9.26. The molecule has 3 aromatic rings. The van der Waals surface area contributed by atoms with Gasteiger partial charge in [0.25, 0.3) is 5.91 Å². The number of hydrogen-bond acceptors (Lipinski definition) is 6. The van der Waals surface area contributed by atoms with Crippen molar-refractivity contribution in [2.24, 2.45) is 5.73 Å². The molecule has 10 nitrogen and oxygen atoms in total. The van der Waals surface area contributed by atoms with Gasteiger partial charge in [-0.05, 0) is 44.2 Å². The van der Waals surface area contributed by atoms with E-state index in [9.17, 15) is 19.1 Å². The number of amides is 2. The highest BCUT2D eigenvalue weighted by atomic mass is 19.1. The van der Waals surface area contributed by atoms with Gasteiger partial charge in [-0.2, -0.15) is 5.10 Å². The van der Waals surface area contributed by atoms with Gasteiger partial charge < -0.3 is 26.0 Å². The molecule has 2 aliphatic rings. The van der Waals surface area contributed by atoms with Crippen LogP contribution in [0.5, 0.6) is 0 Å². The van der Waals surface area contributed by atoms with Crippen LogP contribution in [-0.2, 0) is 4.79 Å². The van der Waals surface area contributed by atoms with Gasteiger partial charge in [-0.1, -0.05) is 12.5 Å². The zero-order chi connectivity index (χ0) is 25.7. The summed E-state index contributed by atoms with van der Waals surface area (Å²) in [5.41, 5.74) is 13.2. The number of nitrogen functional groups attached to an aromatic ring is 1. The fourth-order valence-corrected chi connectivity index (χ4v) is 4.82. The van der Waals surface area contributed by atoms with Gasteiger partial charge in [0.15, 0.2) is 5.69 Å². The Kier molecular flexibility index (Phi) is 5.76. The maximum Gasteiger partial charge on any atom is 0.255 e. The van der Waals surface area contributed by atoms with Crippen LogP contribution in [0.2, 0.25) is 0 Å². The van der Waals surface area contributed by atoms with Crippen LogP contribution in [0.4, 0.5) is 10.2 Å². The van der Waals surface area contributed by atoms with Crippen molar-refractivity contribution in [1.29, 1.82) is 0 Å². The maximum atomic E-state index is 14.9. The predicted octanol–water partition coefficient (Wildman–Crippen LogP) is 1.50. The molecule has 5 N–H and O–H groups in total. The van der Waals surface area contributed by atoms with Crippen molar-refractivity contribution >= 4 is 28.7 Å². The lowest BCUT2D eigenvalue weighted by molar-refractivity contribution is -0.128. The summed E-state index contributed by atoms with van der Waals surface area (Å²) >= 11 is 0. The van der Waals surface area contributed by atoms with E-state index < -0.39 is 29.9 Å². The Balaban J connectivity index is 1.50. The van der Waals surface area contributed by atoms with Gasteiger partial charge >= 0.3 is 0 Å². The second-order valence-corrected chi connectivity index (χ2v) is 9.26. The maximum absolute atomic E-state index is 14.9. The molecule has 1 saturated heterocycles. The Morgan fingerprint density at radius 2 is 2.06 bits per heavy atom. The number of rotatable bonds is 5. The molecule has 1 aliphatic heterocycles. The van der Waals surface area contributed by atoms with Crippen LogP contribution in [0.25, 0.3) is 11.0 Å². The molecule has 1 saturated carbocycles. The number of halogens is 1. The topological polar surface area (TPSA) is 145 Å². The molecule has 3 heterocycles. The summed E-state index contributed by atoms with van der Waals surface area (Å²) in [5, 5.41) is 14.6. The largest absolute Gasteiger partial charge is 0.391 e. The summed E-state index contributed by atoms with van der Waals surface area (Å²) in [7, 11) is 0. The number of carbonyl (C=O) groups is 2. The zero-order valence-corrected chi connectivity index (χ0v) is 19.7. The zero-order valence-electron chi connectivity index (χ0n) is 19.7. The number of fused-ring (bicyclic) bond motifs is 1. The molecule has 2 fully saturated rings. The third kappa shape index (κ3) is 3.99. The summed E-state index contributed by atoms with van der Waals surface area (Å²) in [6.45, 7) is 5.30. The Hall–Kier alpha value is -4.17. The average molecular weight is 492 g/mol. The first-order valence-electron chi connectivity index (χ1n) is 11.7.